The van der Waals surface area contributed by atoms with Crippen molar-refractivity contribution < 1.29 is 24.3 Å². The maximum atomic E-state index is 13.3. The van der Waals surface area contributed by atoms with Crippen LogP contribution >= 0.6 is 11.8 Å². The summed E-state index contributed by atoms with van der Waals surface area (Å²) in [4.78, 5) is 54.5. The van der Waals surface area contributed by atoms with Crippen LogP contribution in [-0.4, -0.2) is 76.5 Å². The van der Waals surface area contributed by atoms with Crippen LogP contribution in [0.3, 0.4) is 0 Å². The molecule has 0 aliphatic carbocycles. The zero-order valence-electron chi connectivity index (χ0n) is 23.6. The van der Waals surface area contributed by atoms with Crippen LogP contribution in [0, 0.1) is 5.92 Å². The Hall–Kier alpha value is -3.09. The van der Waals surface area contributed by atoms with E-state index < -0.39 is 47.9 Å². The van der Waals surface area contributed by atoms with E-state index in [4.69, 9.17) is 11.5 Å². The molecule has 222 valence electrons. The summed E-state index contributed by atoms with van der Waals surface area (Å²) in [5.41, 5.74) is 13.3. The number of carbonyl (C=O) groups excluding carboxylic acids is 3. The van der Waals surface area contributed by atoms with E-state index in [1.54, 1.807) is 6.20 Å². The molecule has 0 spiro atoms. The van der Waals surface area contributed by atoms with Gasteiger partial charge in [0.05, 0.1) is 6.04 Å². The fourth-order valence-corrected chi connectivity index (χ4v) is 4.90. The third-order valence-electron chi connectivity index (χ3n) is 6.60. The van der Waals surface area contributed by atoms with Crippen LogP contribution in [0.4, 0.5) is 0 Å². The number of carbonyl (C=O) groups is 4. The Labute approximate surface area is 240 Å². The van der Waals surface area contributed by atoms with Gasteiger partial charge in [-0.2, -0.15) is 11.8 Å². The van der Waals surface area contributed by atoms with Crippen LogP contribution in [0.25, 0.3) is 10.9 Å². The Morgan fingerprint density at radius 1 is 0.950 bits per heavy atom. The fraction of sp³-hybridized carbons (Fsp3) is 0.571. The molecule has 11 nitrogen and oxygen atoms in total. The first kappa shape index (κ1) is 33.1. The summed E-state index contributed by atoms with van der Waals surface area (Å²) in [6, 6.07) is 3.66. The summed E-state index contributed by atoms with van der Waals surface area (Å²) in [7, 11) is 0. The van der Waals surface area contributed by atoms with E-state index in [0.29, 0.717) is 38.0 Å². The van der Waals surface area contributed by atoms with Crippen molar-refractivity contribution in [3.05, 3.63) is 36.0 Å². The number of aromatic amines is 1. The molecule has 1 aromatic carbocycles. The molecule has 0 aliphatic rings. The lowest BCUT2D eigenvalue weighted by molar-refractivity contribution is -0.142. The standard InChI is InChI=1S/C28H44N6O5S/c1-17(2)14-20(30)25(35)32-23(11-13-40-3)27(37)33-22(10-6-7-12-29)26(36)34-24(28(38)39)15-18-16-31-21-9-5-4-8-19(18)21/h4-5,8-9,16-17,20,22-24,31H,6-7,10-15,29-30H2,1-3H3,(H,32,35)(H,33,37)(H,34,36)(H,38,39). The summed E-state index contributed by atoms with van der Waals surface area (Å²) in [5, 5.41) is 18.8. The van der Waals surface area contributed by atoms with Gasteiger partial charge >= 0.3 is 5.97 Å². The van der Waals surface area contributed by atoms with E-state index in [1.807, 2.05) is 44.4 Å². The Kier molecular flexibility index (Phi) is 14.0. The second-order valence-corrected chi connectivity index (χ2v) is 11.4. The predicted molar refractivity (Wildman–Crippen MR) is 159 cm³/mol. The van der Waals surface area contributed by atoms with Crippen LogP contribution in [0.1, 0.15) is 51.5 Å². The molecule has 4 unspecified atom stereocenters. The molecule has 0 radical (unpaired) electrons. The molecule has 0 bridgehead atoms. The van der Waals surface area contributed by atoms with Crippen LogP contribution in [0.5, 0.6) is 0 Å². The van der Waals surface area contributed by atoms with Gasteiger partial charge in [0, 0.05) is 23.5 Å². The number of hydrogen-bond acceptors (Lipinski definition) is 7. The van der Waals surface area contributed by atoms with Crippen molar-refractivity contribution in [2.24, 2.45) is 17.4 Å². The van der Waals surface area contributed by atoms with Gasteiger partial charge in [-0.05, 0) is 68.2 Å². The van der Waals surface area contributed by atoms with E-state index in [0.717, 1.165) is 16.5 Å². The van der Waals surface area contributed by atoms with E-state index in [-0.39, 0.29) is 18.8 Å². The molecular weight excluding hydrogens is 532 g/mol. The minimum absolute atomic E-state index is 0.0642. The first-order chi connectivity index (χ1) is 19.1. The first-order valence-electron chi connectivity index (χ1n) is 13.7. The number of unbranched alkanes of at least 4 members (excludes halogenated alkanes) is 1. The lowest BCUT2D eigenvalue weighted by Crippen LogP contribution is -2.57. The molecular formula is C28H44N6O5S. The summed E-state index contributed by atoms with van der Waals surface area (Å²) in [6.45, 7) is 4.33. The molecule has 9 N–H and O–H groups in total. The van der Waals surface area contributed by atoms with Crippen molar-refractivity contribution in [1.82, 2.24) is 20.9 Å². The van der Waals surface area contributed by atoms with Crippen LogP contribution in [-0.2, 0) is 25.6 Å². The van der Waals surface area contributed by atoms with Crippen LogP contribution in [0.15, 0.2) is 30.5 Å². The monoisotopic (exact) mass is 576 g/mol. The SMILES string of the molecule is CSCCC(NC(=O)C(N)CC(C)C)C(=O)NC(CCCCN)C(=O)NC(Cc1c[nH]c2ccccc12)C(=O)O. The Balaban J connectivity index is 2.17. The number of aliphatic carboxylic acids is 1. The Bertz CT molecular complexity index is 1120. The minimum atomic E-state index is -1.21. The van der Waals surface area contributed by atoms with E-state index in [1.165, 1.54) is 11.8 Å². The fourth-order valence-electron chi connectivity index (χ4n) is 4.42. The highest BCUT2D eigenvalue weighted by Gasteiger charge is 2.30. The third kappa shape index (κ3) is 10.5. The second kappa shape index (κ2) is 16.9. The number of para-hydroxylation sites is 1. The van der Waals surface area contributed by atoms with Crippen LogP contribution < -0.4 is 27.4 Å². The number of hydrogen-bond donors (Lipinski definition) is 7. The Morgan fingerprint density at radius 3 is 2.20 bits per heavy atom. The normalized spacial score (nSPS) is 14.3. The summed E-state index contributed by atoms with van der Waals surface area (Å²) in [5.74, 6) is -1.92. The highest BCUT2D eigenvalue weighted by molar-refractivity contribution is 7.98. The number of nitrogens with two attached hydrogens (primary N) is 2. The molecule has 0 fully saturated rings. The van der Waals surface area contributed by atoms with Crippen molar-refractivity contribution in [3.63, 3.8) is 0 Å². The summed E-state index contributed by atoms with van der Waals surface area (Å²) in [6.07, 6.45) is 5.96. The quantitative estimate of drug-likeness (QED) is 0.130. The van der Waals surface area contributed by atoms with Crippen molar-refractivity contribution in [2.45, 2.75) is 76.5 Å². The molecule has 1 heterocycles. The molecule has 4 atom stereocenters. The van der Waals surface area contributed by atoms with Crippen molar-refractivity contribution in [1.29, 1.82) is 0 Å². The maximum Gasteiger partial charge on any atom is 0.326 e. The van der Waals surface area contributed by atoms with Gasteiger partial charge in [0.1, 0.15) is 18.1 Å². The number of carboxylic acid groups (broad SMARTS) is 1. The average Bonchev–Trinajstić information content (AvgIpc) is 3.32. The summed E-state index contributed by atoms with van der Waals surface area (Å²) >= 11 is 1.53. The smallest absolute Gasteiger partial charge is 0.326 e. The number of thioether (sulfide) groups is 1. The molecule has 40 heavy (non-hydrogen) atoms. The van der Waals surface area contributed by atoms with E-state index in [2.05, 4.69) is 20.9 Å². The predicted octanol–water partition coefficient (Wildman–Crippen LogP) is 1.50. The zero-order chi connectivity index (χ0) is 29.7. The first-order valence-corrected chi connectivity index (χ1v) is 15.1. The number of H-pyrrole nitrogens is 1. The molecule has 0 saturated carbocycles. The van der Waals surface area contributed by atoms with Crippen LogP contribution in [0.2, 0.25) is 0 Å². The van der Waals surface area contributed by atoms with Gasteiger partial charge in [0.2, 0.25) is 17.7 Å². The Morgan fingerprint density at radius 2 is 1.57 bits per heavy atom. The molecule has 3 amide bonds. The van der Waals surface area contributed by atoms with Gasteiger partial charge in [-0.1, -0.05) is 32.0 Å². The lowest BCUT2D eigenvalue weighted by atomic mass is 10.0. The van der Waals surface area contributed by atoms with Gasteiger partial charge in [-0.3, -0.25) is 14.4 Å². The third-order valence-corrected chi connectivity index (χ3v) is 7.24. The number of nitrogens with one attached hydrogen (secondary N) is 4. The zero-order valence-corrected chi connectivity index (χ0v) is 24.4. The second-order valence-electron chi connectivity index (χ2n) is 10.4. The minimum Gasteiger partial charge on any atom is -0.480 e. The van der Waals surface area contributed by atoms with E-state index >= 15 is 0 Å². The molecule has 2 rings (SSSR count). The number of fused-ring (bicyclic) bond motifs is 1. The van der Waals surface area contributed by atoms with Gasteiger partial charge in [0.25, 0.3) is 0 Å². The van der Waals surface area contributed by atoms with Gasteiger partial charge in [-0.15, -0.1) is 0 Å². The number of carboxylic acids is 1. The number of aromatic nitrogens is 1. The molecule has 2 aromatic rings. The molecule has 1 aromatic heterocycles. The van der Waals surface area contributed by atoms with Crippen molar-refractivity contribution in [3.8, 4) is 0 Å². The average molecular weight is 577 g/mol. The van der Waals surface area contributed by atoms with Gasteiger partial charge in [-0.25, -0.2) is 4.79 Å². The highest BCUT2D eigenvalue weighted by atomic mass is 32.2. The largest absolute Gasteiger partial charge is 0.480 e. The molecule has 12 heteroatoms. The van der Waals surface area contributed by atoms with Gasteiger partial charge < -0.3 is 37.5 Å². The maximum absolute atomic E-state index is 13.3. The highest BCUT2D eigenvalue weighted by Crippen LogP contribution is 2.19. The number of amides is 3. The van der Waals surface area contributed by atoms with Crippen molar-refractivity contribution >= 4 is 46.4 Å². The molecule has 0 aliphatic heterocycles. The van der Waals surface area contributed by atoms with Gasteiger partial charge in [0.15, 0.2) is 0 Å². The number of benzene rings is 1. The van der Waals surface area contributed by atoms with E-state index in [9.17, 15) is 24.3 Å². The number of rotatable bonds is 18. The van der Waals surface area contributed by atoms with Crippen molar-refractivity contribution in [2.75, 3.05) is 18.6 Å². The summed E-state index contributed by atoms with van der Waals surface area (Å²) < 4.78 is 0. The molecule has 0 saturated heterocycles. The topological polar surface area (TPSA) is 192 Å². The lowest BCUT2D eigenvalue weighted by Gasteiger charge is -2.25.